The van der Waals surface area contributed by atoms with Crippen LogP contribution in [0.5, 0.6) is 0 Å². The number of carbonyl (C=O) groups is 3. The van der Waals surface area contributed by atoms with Crippen LogP contribution < -0.4 is 10.2 Å². The number of rotatable bonds is 7. The number of ether oxygens (including phenoxy) is 1. The van der Waals surface area contributed by atoms with Crippen LogP contribution in [0.1, 0.15) is 6.42 Å². The van der Waals surface area contributed by atoms with E-state index in [0.717, 1.165) is 17.0 Å². The van der Waals surface area contributed by atoms with Crippen LogP contribution in [0.3, 0.4) is 0 Å². The average molecular weight is 420 g/mol. The van der Waals surface area contributed by atoms with Crippen molar-refractivity contribution in [3.63, 3.8) is 0 Å². The van der Waals surface area contributed by atoms with Gasteiger partial charge >= 0.3 is 6.03 Å². The molecule has 9 heteroatoms. The molecule has 1 aliphatic heterocycles. The summed E-state index contributed by atoms with van der Waals surface area (Å²) in [6.07, 6.45) is -0.228. The number of carbonyl (C=O) groups excluding carboxylic acids is 3. The van der Waals surface area contributed by atoms with Crippen molar-refractivity contribution in [3.05, 3.63) is 59.4 Å². The van der Waals surface area contributed by atoms with Crippen LogP contribution in [0.2, 0.25) is 5.02 Å². The molecular formula is C20H19ClFN3O4. The summed E-state index contributed by atoms with van der Waals surface area (Å²) < 4.78 is 18.2. The summed E-state index contributed by atoms with van der Waals surface area (Å²) in [5.41, 5.74) is 0.763. The van der Waals surface area contributed by atoms with Gasteiger partial charge in [0.25, 0.3) is 5.91 Å². The summed E-state index contributed by atoms with van der Waals surface area (Å²) in [6.45, 7) is 0.337. The van der Waals surface area contributed by atoms with Gasteiger partial charge in [-0.05, 0) is 48.5 Å². The van der Waals surface area contributed by atoms with Crippen LogP contribution in [0.4, 0.5) is 20.6 Å². The molecule has 0 radical (unpaired) electrons. The van der Waals surface area contributed by atoms with Gasteiger partial charge in [-0.15, -0.1) is 0 Å². The van der Waals surface area contributed by atoms with E-state index in [1.165, 1.54) is 24.1 Å². The van der Waals surface area contributed by atoms with Crippen molar-refractivity contribution in [1.29, 1.82) is 0 Å². The monoisotopic (exact) mass is 419 g/mol. The molecular weight excluding hydrogens is 401 g/mol. The van der Waals surface area contributed by atoms with Crippen LogP contribution in [0, 0.1) is 5.82 Å². The van der Waals surface area contributed by atoms with E-state index in [0.29, 0.717) is 10.7 Å². The number of nitrogens with zero attached hydrogens (tertiary/aromatic N) is 2. The Bertz CT molecular complexity index is 905. The van der Waals surface area contributed by atoms with Gasteiger partial charge in [-0.25, -0.2) is 14.1 Å². The number of hydrogen-bond donors (Lipinski definition) is 1. The number of methoxy groups -OCH3 is 1. The first-order valence-electron chi connectivity index (χ1n) is 8.85. The van der Waals surface area contributed by atoms with Gasteiger partial charge in [0.05, 0.1) is 18.7 Å². The predicted molar refractivity (Wildman–Crippen MR) is 106 cm³/mol. The van der Waals surface area contributed by atoms with E-state index >= 15 is 0 Å². The molecule has 1 atom stereocenters. The zero-order valence-corrected chi connectivity index (χ0v) is 16.4. The number of amides is 4. The molecule has 7 nitrogen and oxygen atoms in total. The van der Waals surface area contributed by atoms with Crippen LogP contribution in [-0.2, 0) is 14.3 Å². The molecule has 2 aromatic carbocycles. The van der Waals surface area contributed by atoms with Crippen molar-refractivity contribution in [1.82, 2.24) is 4.90 Å². The molecule has 1 heterocycles. The van der Waals surface area contributed by atoms with Crippen molar-refractivity contribution in [3.8, 4) is 0 Å². The van der Waals surface area contributed by atoms with E-state index in [-0.39, 0.29) is 25.3 Å². The van der Waals surface area contributed by atoms with Crippen molar-refractivity contribution in [2.75, 3.05) is 30.5 Å². The zero-order valence-electron chi connectivity index (χ0n) is 15.6. The highest BCUT2D eigenvalue weighted by Crippen LogP contribution is 2.27. The largest absolute Gasteiger partial charge is 0.383 e. The lowest BCUT2D eigenvalue weighted by Gasteiger charge is -2.21. The maximum atomic E-state index is 13.2. The fourth-order valence-corrected chi connectivity index (χ4v) is 3.15. The molecule has 29 heavy (non-hydrogen) atoms. The molecule has 152 valence electrons. The van der Waals surface area contributed by atoms with Gasteiger partial charge in [0, 0.05) is 24.4 Å². The lowest BCUT2D eigenvalue weighted by Crippen LogP contribution is -2.39. The first-order chi connectivity index (χ1) is 13.9. The van der Waals surface area contributed by atoms with Gasteiger partial charge in [-0.2, -0.15) is 0 Å². The quantitative estimate of drug-likeness (QED) is 0.698. The number of halogens is 2. The van der Waals surface area contributed by atoms with Gasteiger partial charge < -0.3 is 15.0 Å². The van der Waals surface area contributed by atoms with Crippen molar-refractivity contribution < 1.29 is 23.5 Å². The second-order valence-corrected chi connectivity index (χ2v) is 6.83. The SMILES string of the molecule is COCCN1C(=O)N(c2ccc(F)cc2)C(=O)[C@@H]1CC(=O)Nc1ccc(Cl)cc1. The Balaban J connectivity index is 1.79. The molecule has 4 amide bonds. The van der Waals surface area contributed by atoms with Gasteiger partial charge in [-0.3, -0.25) is 9.59 Å². The molecule has 1 N–H and O–H groups in total. The molecule has 0 aromatic heterocycles. The Hall–Kier alpha value is -2.97. The minimum Gasteiger partial charge on any atom is -0.383 e. The molecule has 1 aliphatic rings. The molecule has 0 unspecified atom stereocenters. The molecule has 0 spiro atoms. The summed E-state index contributed by atoms with van der Waals surface area (Å²) in [6, 6.07) is 9.96. The van der Waals surface area contributed by atoms with E-state index in [4.69, 9.17) is 16.3 Å². The summed E-state index contributed by atoms with van der Waals surface area (Å²) in [7, 11) is 1.47. The third-order valence-corrected chi connectivity index (χ3v) is 4.70. The number of imide groups is 1. The maximum absolute atomic E-state index is 13.2. The Morgan fingerprint density at radius 1 is 1.14 bits per heavy atom. The molecule has 3 rings (SSSR count). The Labute approximate surface area is 172 Å². The number of nitrogens with one attached hydrogen (secondary N) is 1. The lowest BCUT2D eigenvalue weighted by atomic mass is 10.1. The summed E-state index contributed by atoms with van der Waals surface area (Å²) in [4.78, 5) is 40.5. The molecule has 1 saturated heterocycles. The topological polar surface area (TPSA) is 79.0 Å². The Kier molecular flexibility index (Phi) is 6.46. The third kappa shape index (κ3) is 4.72. The number of anilines is 2. The number of hydrogen-bond acceptors (Lipinski definition) is 4. The number of benzene rings is 2. The minimum atomic E-state index is -0.991. The normalized spacial score (nSPS) is 16.4. The third-order valence-electron chi connectivity index (χ3n) is 4.45. The van der Waals surface area contributed by atoms with Gasteiger partial charge in [0.2, 0.25) is 5.91 Å². The van der Waals surface area contributed by atoms with E-state index in [1.54, 1.807) is 24.3 Å². The molecule has 1 fully saturated rings. The van der Waals surface area contributed by atoms with E-state index in [1.807, 2.05) is 0 Å². The highest BCUT2D eigenvalue weighted by Gasteiger charge is 2.46. The zero-order chi connectivity index (χ0) is 21.0. The number of urea groups is 1. The summed E-state index contributed by atoms with van der Waals surface area (Å²) in [5, 5.41) is 3.21. The van der Waals surface area contributed by atoms with Crippen LogP contribution >= 0.6 is 11.6 Å². The fourth-order valence-electron chi connectivity index (χ4n) is 3.03. The highest BCUT2D eigenvalue weighted by molar-refractivity contribution is 6.30. The minimum absolute atomic E-state index is 0.137. The maximum Gasteiger partial charge on any atom is 0.332 e. The standard InChI is InChI=1S/C20H19ClFN3O4/c1-29-11-10-24-17(12-18(26)23-15-6-2-13(21)3-7-15)19(27)25(20(24)28)16-8-4-14(22)5-9-16/h2-9,17H,10-12H2,1H3,(H,23,26)/t17-/m0/s1. The van der Waals surface area contributed by atoms with Gasteiger partial charge in [0.1, 0.15) is 11.9 Å². The van der Waals surface area contributed by atoms with Gasteiger partial charge in [-0.1, -0.05) is 11.6 Å². The lowest BCUT2D eigenvalue weighted by molar-refractivity contribution is -0.124. The van der Waals surface area contributed by atoms with Crippen molar-refractivity contribution >= 4 is 40.8 Å². The fraction of sp³-hybridized carbons (Fsp3) is 0.250. The first kappa shape index (κ1) is 20.8. The molecule has 2 aromatic rings. The van der Waals surface area contributed by atoms with E-state index in [9.17, 15) is 18.8 Å². The van der Waals surface area contributed by atoms with Crippen LogP contribution in [0.25, 0.3) is 0 Å². The second kappa shape index (κ2) is 9.02. The predicted octanol–water partition coefficient (Wildman–Crippen LogP) is 3.29. The summed E-state index contributed by atoms with van der Waals surface area (Å²) >= 11 is 5.83. The molecule has 0 bridgehead atoms. The van der Waals surface area contributed by atoms with E-state index in [2.05, 4.69) is 5.32 Å². The van der Waals surface area contributed by atoms with Crippen molar-refractivity contribution in [2.45, 2.75) is 12.5 Å². The Morgan fingerprint density at radius 3 is 2.41 bits per heavy atom. The van der Waals surface area contributed by atoms with Gasteiger partial charge in [0.15, 0.2) is 0 Å². The Morgan fingerprint density at radius 2 is 1.79 bits per heavy atom. The van der Waals surface area contributed by atoms with Crippen LogP contribution in [0.15, 0.2) is 48.5 Å². The van der Waals surface area contributed by atoms with E-state index < -0.39 is 29.7 Å². The second-order valence-electron chi connectivity index (χ2n) is 6.39. The average Bonchev–Trinajstić information content (AvgIpc) is 2.92. The highest BCUT2D eigenvalue weighted by atomic mass is 35.5. The molecule has 0 saturated carbocycles. The van der Waals surface area contributed by atoms with Crippen molar-refractivity contribution in [2.24, 2.45) is 0 Å². The first-order valence-corrected chi connectivity index (χ1v) is 9.23. The summed E-state index contributed by atoms with van der Waals surface area (Å²) in [5.74, 6) is -1.46. The smallest absolute Gasteiger partial charge is 0.332 e. The molecule has 0 aliphatic carbocycles. The van der Waals surface area contributed by atoms with Crippen LogP contribution in [-0.4, -0.2) is 49.0 Å².